The van der Waals surface area contributed by atoms with Crippen molar-refractivity contribution in [3.8, 4) is 0 Å². The lowest BCUT2D eigenvalue weighted by molar-refractivity contribution is 0.399. The van der Waals surface area contributed by atoms with Crippen LogP contribution in [0.2, 0.25) is 0 Å². The van der Waals surface area contributed by atoms with Crippen molar-refractivity contribution >= 4 is 0 Å². The highest BCUT2D eigenvalue weighted by Gasteiger charge is 1.94. The van der Waals surface area contributed by atoms with Crippen molar-refractivity contribution in [3.05, 3.63) is 35.9 Å². The average Bonchev–Trinajstić information content (AvgIpc) is 2.08. The van der Waals surface area contributed by atoms with Gasteiger partial charge in [0.15, 0.2) is 0 Å². The summed E-state index contributed by atoms with van der Waals surface area (Å²) in [7, 11) is 1.00. The molecule has 1 rings (SSSR count). The third-order valence-electron chi connectivity index (χ3n) is 1.49. The van der Waals surface area contributed by atoms with Gasteiger partial charge in [0.25, 0.3) is 0 Å². The molecule has 0 fully saturated rings. The second-order valence-corrected chi connectivity index (χ2v) is 3.08. The normalized spacial score (nSPS) is 8.38. The van der Waals surface area contributed by atoms with Gasteiger partial charge in [0.2, 0.25) is 0 Å². The number of aliphatic hydroxyl groups excluding tert-OH is 1. The summed E-state index contributed by atoms with van der Waals surface area (Å²) in [6, 6.07) is 10.6. The lowest BCUT2D eigenvalue weighted by atomic mass is 10.0. The topological polar surface area (TPSA) is 51.7 Å². The number of aliphatic hydroxyl groups is 1. The number of benzene rings is 1. The Kier molecular flexibility index (Phi) is 10.4. The third kappa shape index (κ3) is 7.50. The van der Waals surface area contributed by atoms with Gasteiger partial charge in [0.05, 0.1) is 0 Å². The fourth-order valence-corrected chi connectivity index (χ4v) is 1.09. The summed E-state index contributed by atoms with van der Waals surface area (Å²) in [5, 5.41) is 7.00. The minimum Gasteiger partial charge on any atom is -0.412 e. The molecule has 0 saturated heterocycles. The van der Waals surface area contributed by atoms with Crippen LogP contribution < -0.4 is 0 Å². The molecule has 0 aromatic heterocycles. The van der Waals surface area contributed by atoms with Gasteiger partial charge in [-0.05, 0) is 17.9 Å². The van der Waals surface area contributed by atoms with Crippen LogP contribution in [0.15, 0.2) is 30.3 Å². The average molecular weight is 184 g/mol. The molecule has 0 amide bonds. The summed E-state index contributed by atoms with van der Waals surface area (Å²) in [5.74, 6) is 0.766. The predicted molar refractivity (Wildman–Crippen MR) is 56.7 cm³/mol. The summed E-state index contributed by atoms with van der Waals surface area (Å²) in [5.41, 5.74) is 1.44. The van der Waals surface area contributed by atoms with E-state index in [0.717, 1.165) is 13.0 Å². The summed E-state index contributed by atoms with van der Waals surface area (Å²) in [4.78, 5) is 0. The standard InChI is InChI=1S/C10H14.CH4O.H2O/c1-9(2)8-10-6-4-3-5-7-10;1-2;/h3-7,9H,8H2,1-2H3;2H,1H3;1H2. The van der Waals surface area contributed by atoms with Crippen LogP contribution in [0, 0.1) is 5.92 Å². The molecule has 0 aliphatic heterocycles. The van der Waals surface area contributed by atoms with E-state index in [2.05, 4.69) is 44.2 Å². The van der Waals surface area contributed by atoms with E-state index in [-0.39, 0.29) is 5.48 Å². The van der Waals surface area contributed by atoms with Crippen molar-refractivity contribution in [3.63, 3.8) is 0 Å². The zero-order valence-corrected chi connectivity index (χ0v) is 8.62. The maximum absolute atomic E-state index is 7.00. The van der Waals surface area contributed by atoms with E-state index >= 15 is 0 Å². The summed E-state index contributed by atoms with van der Waals surface area (Å²) >= 11 is 0. The Morgan fingerprint density at radius 3 is 1.92 bits per heavy atom. The first kappa shape index (κ1) is 14.7. The van der Waals surface area contributed by atoms with Crippen molar-refractivity contribution in [1.29, 1.82) is 0 Å². The van der Waals surface area contributed by atoms with Gasteiger partial charge >= 0.3 is 0 Å². The van der Waals surface area contributed by atoms with Crippen LogP contribution in [0.4, 0.5) is 0 Å². The highest BCUT2D eigenvalue weighted by Crippen LogP contribution is 2.05. The number of hydrogen-bond acceptors (Lipinski definition) is 1. The predicted octanol–water partition coefficient (Wildman–Crippen LogP) is 1.67. The molecule has 2 nitrogen and oxygen atoms in total. The summed E-state index contributed by atoms with van der Waals surface area (Å²) < 4.78 is 0. The largest absolute Gasteiger partial charge is 0.412 e. The van der Waals surface area contributed by atoms with Gasteiger partial charge in [-0.2, -0.15) is 0 Å². The van der Waals surface area contributed by atoms with Crippen LogP contribution in [-0.2, 0) is 6.42 Å². The molecule has 1 aromatic carbocycles. The van der Waals surface area contributed by atoms with E-state index in [9.17, 15) is 0 Å². The molecule has 0 saturated carbocycles. The van der Waals surface area contributed by atoms with E-state index < -0.39 is 0 Å². The molecule has 3 N–H and O–H groups in total. The fraction of sp³-hybridized carbons (Fsp3) is 0.455. The van der Waals surface area contributed by atoms with Crippen molar-refractivity contribution in [2.45, 2.75) is 20.3 Å². The zero-order chi connectivity index (χ0) is 9.40. The monoisotopic (exact) mass is 184 g/mol. The molecule has 0 aliphatic rings. The Morgan fingerprint density at radius 1 is 1.08 bits per heavy atom. The third-order valence-corrected chi connectivity index (χ3v) is 1.49. The second-order valence-electron chi connectivity index (χ2n) is 3.08. The molecule has 0 bridgehead atoms. The summed E-state index contributed by atoms with van der Waals surface area (Å²) in [6.07, 6.45) is 1.20. The Labute approximate surface area is 80.5 Å². The summed E-state index contributed by atoms with van der Waals surface area (Å²) in [6.45, 7) is 4.49. The molecule has 0 spiro atoms. The smallest absolute Gasteiger partial charge is 0.0319 e. The van der Waals surface area contributed by atoms with E-state index in [0.29, 0.717) is 0 Å². The van der Waals surface area contributed by atoms with Crippen LogP contribution in [0.3, 0.4) is 0 Å². The van der Waals surface area contributed by atoms with Gasteiger partial charge in [-0.1, -0.05) is 44.2 Å². The molecule has 0 radical (unpaired) electrons. The number of rotatable bonds is 2. The highest BCUT2D eigenvalue weighted by molar-refractivity contribution is 5.14. The highest BCUT2D eigenvalue weighted by atomic mass is 16.2. The van der Waals surface area contributed by atoms with Crippen LogP contribution in [0.1, 0.15) is 19.4 Å². The van der Waals surface area contributed by atoms with Crippen LogP contribution in [0.5, 0.6) is 0 Å². The maximum atomic E-state index is 7.00. The second kappa shape index (κ2) is 9.23. The lowest BCUT2D eigenvalue weighted by Gasteiger charge is -2.02. The molecule has 0 unspecified atom stereocenters. The Morgan fingerprint density at radius 2 is 1.54 bits per heavy atom. The molecule has 0 aliphatic carbocycles. The Balaban J connectivity index is 0. The Bertz CT molecular complexity index is 183. The molecule has 13 heavy (non-hydrogen) atoms. The van der Waals surface area contributed by atoms with Gasteiger partial charge in [-0.25, -0.2) is 0 Å². The van der Waals surface area contributed by atoms with Gasteiger partial charge < -0.3 is 10.6 Å². The molecule has 0 atom stereocenters. The molecule has 0 heterocycles. The first-order chi connectivity index (χ1) is 5.79. The Hall–Kier alpha value is -0.860. The quantitative estimate of drug-likeness (QED) is 0.746. The molecular weight excluding hydrogens is 164 g/mol. The van der Waals surface area contributed by atoms with Crippen molar-refractivity contribution in [2.24, 2.45) is 5.92 Å². The van der Waals surface area contributed by atoms with Gasteiger partial charge in [-0.15, -0.1) is 0 Å². The van der Waals surface area contributed by atoms with Crippen LogP contribution >= 0.6 is 0 Å². The minimum atomic E-state index is 0. The van der Waals surface area contributed by atoms with Gasteiger partial charge in [0.1, 0.15) is 0 Å². The van der Waals surface area contributed by atoms with Crippen LogP contribution in [-0.4, -0.2) is 17.7 Å². The molecule has 76 valence electrons. The number of hydrogen-bond donors (Lipinski definition) is 1. The lowest BCUT2D eigenvalue weighted by Crippen LogP contribution is -1.92. The van der Waals surface area contributed by atoms with E-state index in [1.807, 2.05) is 0 Å². The zero-order valence-electron chi connectivity index (χ0n) is 8.62. The first-order valence-corrected chi connectivity index (χ1v) is 4.27. The minimum absolute atomic E-state index is 0. The van der Waals surface area contributed by atoms with Crippen molar-refractivity contribution in [1.82, 2.24) is 0 Å². The van der Waals surface area contributed by atoms with Crippen molar-refractivity contribution < 1.29 is 10.6 Å². The van der Waals surface area contributed by atoms with Crippen molar-refractivity contribution in [2.75, 3.05) is 7.11 Å². The van der Waals surface area contributed by atoms with E-state index in [1.54, 1.807) is 0 Å². The van der Waals surface area contributed by atoms with Gasteiger partial charge in [-0.3, -0.25) is 0 Å². The van der Waals surface area contributed by atoms with Gasteiger partial charge in [0, 0.05) is 7.11 Å². The van der Waals surface area contributed by atoms with Crippen LogP contribution in [0.25, 0.3) is 0 Å². The van der Waals surface area contributed by atoms with E-state index in [4.69, 9.17) is 5.11 Å². The fourth-order valence-electron chi connectivity index (χ4n) is 1.09. The maximum Gasteiger partial charge on any atom is 0.0319 e. The van der Waals surface area contributed by atoms with E-state index in [1.165, 1.54) is 12.0 Å². The first-order valence-electron chi connectivity index (χ1n) is 4.27. The SMILES string of the molecule is CC(C)Cc1ccccc1.CO.O. The molecular formula is C11H20O2. The molecule has 2 heteroatoms. The molecule has 1 aromatic rings.